The molecule has 1 aromatic carbocycles. The second kappa shape index (κ2) is 7.71. The lowest BCUT2D eigenvalue weighted by Crippen LogP contribution is -2.32. The van der Waals surface area contributed by atoms with Crippen LogP contribution in [-0.2, 0) is 14.8 Å². The molecule has 0 saturated heterocycles. The number of benzene rings is 1. The molecule has 2 aromatic rings. The molecule has 0 saturated carbocycles. The normalized spacial score (nSPS) is 10.8. The first kappa shape index (κ1) is 18.3. The summed E-state index contributed by atoms with van der Waals surface area (Å²) in [5, 5.41) is 5.02. The highest BCUT2D eigenvalue weighted by atomic mass is 32.2. The van der Waals surface area contributed by atoms with Gasteiger partial charge >= 0.3 is 0 Å². The molecule has 0 aliphatic carbocycles. The quantitative estimate of drug-likeness (QED) is 0.671. The molecule has 2 rings (SSSR count). The van der Waals surface area contributed by atoms with Crippen molar-refractivity contribution in [2.45, 2.75) is 0 Å². The first-order valence-corrected chi connectivity index (χ1v) is 8.93. The maximum absolute atomic E-state index is 11.9. The summed E-state index contributed by atoms with van der Waals surface area (Å²) in [7, 11) is -2.08. The number of carbonyl (C=O) groups excluding carboxylic acids is 2. The summed E-state index contributed by atoms with van der Waals surface area (Å²) in [5.74, 6) is -0.650. The Balaban J connectivity index is 1.97. The minimum absolute atomic E-state index is 0.240. The molecule has 25 heavy (non-hydrogen) atoms. The van der Waals surface area contributed by atoms with E-state index in [2.05, 4.69) is 15.4 Å². The van der Waals surface area contributed by atoms with Gasteiger partial charge in [-0.25, -0.2) is 8.42 Å². The molecule has 0 aliphatic rings. The van der Waals surface area contributed by atoms with Crippen LogP contribution in [0.1, 0.15) is 10.4 Å². The number of hydrogen-bond acceptors (Lipinski definition) is 6. The van der Waals surface area contributed by atoms with Crippen LogP contribution in [0, 0.1) is 0 Å². The maximum Gasteiger partial charge on any atom is 0.254 e. The summed E-state index contributed by atoms with van der Waals surface area (Å²) in [6.07, 6.45) is 3.64. The van der Waals surface area contributed by atoms with E-state index in [0.717, 1.165) is 6.26 Å². The molecule has 2 amide bonds. The van der Waals surface area contributed by atoms with Gasteiger partial charge in [0.1, 0.15) is 12.0 Å². The highest BCUT2D eigenvalue weighted by Gasteiger charge is 2.12. The smallest absolute Gasteiger partial charge is 0.254 e. The van der Waals surface area contributed by atoms with Gasteiger partial charge in [-0.1, -0.05) is 0 Å². The van der Waals surface area contributed by atoms with Gasteiger partial charge in [-0.05, 0) is 18.2 Å². The molecule has 0 aliphatic heterocycles. The number of hydrogen-bond donors (Lipinski definition) is 3. The molecule has 0 fully saturated rings. The molecule has 3 N–H and O–H groups in total. The van der Waals surface area contributed by atoms with Crippen molar-refractivity contribution in [3.05, 3.63) is 42.4 Å². The van der Waals surface area contributed by atoms with Crippen LogP contribution in [0.15, 0.2) is 41.2 Å². The Morgan fingerprint density at radius 1 is 1.24 bits per heavy atom. The zero-order valence-electron chi connectivity index (χ0n) is 13.5. The standard InChI is InChI=1S/C15H17N3O6S/c1-23-13-7-11(3-4-12(13)18-25(2,21)22)17-14(19)8-16-15(20)10-5-6-24-9-10/h3-7,9,18H,8H2,1-2H3,(H,16,20)(H,17,19). The fourth-order valence-electron chi connectivity index (χ4n) is 1.91. The molecule has 1 heterocycles. The fourth-order valence-corrected chi connectivity index (χ4v) is 2.48. The topological polar surface area (TPSA) is 127 Å². The number of anilines is 2. The molecular weight excluding hydrogens is 350 g/mol. The number of amides is 2. The summed E-state index contributed by atoms with van der Waals surface area (Å²) in [6.45, 7) is -0.240. The number of ether oxygens (including phenoxy) is 1. The van der Waals surface area contributed by atoms with Gasteiger partial charge in [0.05, 0.1) is 37.4 Å². The summed E-state index contributed by atoms with van der Waals surface area (Å²) >= 11 is 0. The van der Waals surface area contributed by atoms with Gasteiger partial charge < -0.3 is 19.8 Å². The SMILES string of the molecule is COc1cc(NC(=O)CNC(=O)c2ccoc2)ccc1NS(C)(=O)=O. The van der Waals surface area contributed by atoms with E-state index >= 15 is 0 Å². The van der Waals surface area contributed by atoms with Crippen molar-refractivity contribution >= 4 is 33.2 Å². The third kappa shape index (κ3) is 5.53. The summed E-state index contributed by atoms with van der Waals surface area (Å²) in [4.78, 5) is 23.6. The van der Waals surface area contributed by atoms with Crippen LogP contribution in [0.5, 0.6) is 5.75 Å². The summed E-state index contributed by atoms with van der Waals surface area (Å²) in [5.41, 5.74) is 0.945. The van der Waals surface area contributed by atoms with Crippen LogP contribution < -0.4 is 20.1 Å². The lowest BCUT2D eigenvalue weighted by atomic mass is 10.2. The van der Waals surface area contributed by atoms with Crippen molar-refractivity contribution < 1.29 is 27.2 Å². The molecule has 10 heteroatoms. The lowest BCUT2D eigenvalue weighted by molar-refractivity contribution is -0.115. The highest BCUT2D eigenvalue weighted by molar-refractivity contribution is 7.92. The molecule has 134 valence electrons. The zero-order valence-corrected chi connectivity index (χ0v) is 14.3. The van der Waals surface area contributed by atoms with E-state index in [1.807, 2.05) is 0 Å². The third-order valence-electron chi connectivity index (χ3n) is 2.97. The first-order chi connectivity index (χ1) is 11.8. The molecule has 9 nitrogen and oxygen atoms in total. The zero-order chi connectivity index (χ0) is 18.4. The van der Waals surface area contributed by atoms with Crippen LogP contribution in [0.2, 0.25) is 0 Å². The van der Waals surface area contributed by atoms with E-state index in [1.165, 1.54) is 43.9 Å². The van der Waals surface area contributed by atoms with Gasteiger partial charge in [-0.2, -0.15) is 0 Å². The Morgan fingerprint density at radius 3 is 2.60 bits per heavy atom. The van der Waals surface area contributed by atoms with E-state index in [0.29, 0.717) is 11.3 Å². The van der Waals surface area contributed by atoms with Crippen LogP contribution in [0.25, 0.3) is 0 Å². The van der Waals surface area contributed by atoms with Crippen molar-refractivity contribution in [3.63, 3.8) is 0 Å². The third-order valence-corrected chi connectivity index (χ3v) is 3.56. The number of carbonyl (C=O) groups is 2. The summed E-state index contributed by atoms with van der Waals surface area (Å²) < 4.78 is 34.8. The Hall–Kier alpha value is -3.01. The van der Waals surface area contributed by atoms with Crippen LogP contribution in [0.4, 0.5) is 11.4 Å². The number of sulfonamides is 1. The predicted molar refractivity (Wildman–Crippen MR) is 91.1 cm³/mol. The second-order valence-electron chi connectivity index (χ2n) is 5.03. The van der Waals surface area contributed by atoms with E-state index in [-0.39, 0.29) is 18.0 Å². The van der Waals surface area contributed by atoms with Crippen LogP contribution in [0.3, 0.4) is 0 Å². The lowest BCUT2D eigenvalue weighted by Gasteiger charge is -2.12. The van der Waals surface area contributed by atoms with Crippen LogP contribution in [-0.4, -0.2) is 40.1 Å². The van der Waals surface area contributed by atoms with E-state index in [4.69, 9.17) is 9.15 Å². The molecular formula is C15H17N3O6S. The van der Waals surface area contributed by atoms with Crippen molar-refractivity contribution in [3.8, 4) is 5.75 Å². The monoisotopic (exact) mass is 367 g/mol. The van der Waals surface area contributed by atoms with E-state index in [9.17, 15) is 18.0 Å². The highest BCUT2D eigenvalue weighted by Crippen LogP contribution is 2.28. The van der Waals surface area contributed by atoms with Crippen LogP contribution >= 0.6 is 0 Å². The number of rotatable bonds is 7. The second-order valence-corrected chi connectivity index (χ2v) is 6.78. The Bertz CT molecular complexity index is 861. The Kier molecular flexibility index (Phi) is 5.65. The Morgan fingerprint density at radius 2 is 2.00 bits per heavy atom. The van der Waals surface area contributed by atoms with Crippen molar-refractivity contribution in [1.29, 1.82) is 0 Å². The van der Waals surface area contributed by atoms with Gasteiger partial charge in [0, 0.05) is 11.8 Å². The molecule has 0 atom stereocenters. The van der Waals surface area contributed by atoms with Gasteiger partial charge in [-0.15, -0.1) is 0 Å². The van der Waals surface area contributed by atoms with Gasteiger partial charge in [0.15, 0.2) is 0 Å². The number of methoxy groups -OCH3 is 1. The molecule has 0 radical (unpaired) electrons. The molecule has 0 spiro atoms. The number of furan rings is 1. The maximum atomic E-state index is 11.9. The van der Waals surface area contributed by atoms with Gasteiger partial charge in [0.2, 0.25) is 15.9 Å². The predicted octanol–water partition coefficient (Wildman–Crippen LogP) is 1.03. The van der Waals surface area contributed by atoms with Gasteiger partial charge in [-0.3, -0.25) is 14.3 Å². The van der Waals surface area contributed by atoms with E-state index in [1.54, 1.807) is 0 Å². The van der Waals surface area contributed by atoms with Crippen molar-refractivity contribution in [2.24, 2.45) is 0 Å². The molecule has 0 unspecified atom stereocenters. The fraction of sp³-hybridized carbons (Fsp3) is 0.200. The minimum Gasteiger partial charge on any atom is -0.494 e. The average molecular weight is 367 g/mol. The number of nitrogens with one attached hydrogen (secondary N) is 3. The van der Waals surface area contributed by atoms with E-state index < -0.39 is 21.8 Å². The largest absolute Gasteiger partial charge is 0.494 e. The molecule has 0 bridgehead atoms. The van der Waals surface area contributed by atoms with Crippen molar-refractivity contribution in [1.82, 2.24) is 5.32 Å². The average Bonchev–Trinajstić information content (AvgIpc) is 3.07. The summed E-state index contributed by atoms with van der Waals surface area (Å²) in [6, 6.07) is 5.90. The molecule has 1 aromatic heterocycles. The first-order valence-electron chi connectivity index (χ1n) is 7.04. The minimum atomic E-state index is -3.46. The van der Waals surface area contributed by atoms with Gasteiger partial charge in [0.25, 0.3) is 5.91 Å². The van der Waals surface area contributed by atoms with Crippen molar-refractivity contribution in [2.75, 3.05) is 29.9 Å². The Labute approximate surface area is 144 Å².